The predicted molar refractivity (Wildman–Crippen MR) is 224 cm³/mol. The number of likely N-dealkylation sites (N-methyl/N-ethyl adjacent to an activating group) is 1. The fourth-order valence-corrected chi connectivity index (χ4v) is 7.76. The monoisotopic (exact) mass is 807 g/mol. The Morgan fingerprint density at radius 1 is 0.817 bits per heavy atom. The molecule has 2 aliphatic rings. The number of aromatic nitrogens is 9. The summed E-state index contributed by atoms with van der Waals surface area (Å²) in [5, 5.41) is 24.1. The SMILES string of the molecule is CN1CCN(c2cc(C(=O)Nc3cc4cc(-c5cnn(C)c5)ccc4cn3)ccn2)CC1.Cn1ncnc1[C@H]1c2n[nH]c(=O)c3cc(F)cc(c23)N[C@@H]1c1ccc(F)cc1. The molecule has 10 rings (SSSR count). The van der Waals surface area contributed by atoms with Crippen LogP contribution in [0, 0.1) is 11.6 Å². The minimum absolute atomic E-state index is 0.196. The first-order valence-corrected chi connectivity index (χ1v) is 19.3. The molecule has 17 heteroatoms. The summed E-state index contributed by atoms with van der Waals surface area (Å²) in [5.74, 6) is 0.437. The van der Waals surface area contributed by atoms with E-state index >= 15 is 0 Å². The average molecular weight is 808 g/mol. The zero-order chi connectivity index (χ0) is 41.5. The highest BCUT2D eigenvalue weighted by Crippen LogP contribution is 2.45. The number of fused-ring (bicyclic) bond motifs is 1. The van der Waals surface area contributed by atoms with Crippen molar-refractivity contribution in [2.45, 2.75) is 12.0 Å². The Bertz CT molecular complexity index is 2940. The summed E-state index contributed by atoms with van der Waals surface area (Å²) in [4.78, 5) is 42.9. The molecule has 0 radical (unpaired) electrons. The Hall–Kier alpha value is -7.40. The van der Waals surface area contributed by atoms with Gasteiger partial charge in [-0.3, -0.25) is 19.0 Å². The van der Waals surface area contributed by atoms with E-state index in [1.807, 2.05) is 37.6 Å². The van der Waals surface area contributed by atoms with E-state index in [0.29, 0.717) is 34.0 Å². The number of benzene rings is 3. The van der Waals surface area contributed by atoms with Gasteiger partial charge in [-0.25, -0.2) is 28.8 Å². The number of carbonyl (C=O) groups excluding carboxylic acids is 1. The van der Waals surface area contributed by atoms with E-state index in [4.69, 9.17) is 0 Å². The van der Waals surface area contributed by atoms with Crippen LogP contribution in [0.2, 0.25) is 0 Å². The van der Waals surface area contributed by atoms with Crippen LogP contribution in [0.4, 0.5) is 26.1 Å². The van der Waals surface area contributed by atoms with Crippen molar-refractivity contribution >= 4 is 44.8 Å². The highest BCUT2D eigenvalue weighted by molar-refractivity contribution is 6.05. The number of nitrogens with zero attached hydrogens (tertiary/aromatic N) is 10. The van der Waals surface area contributed by atoms with Crippen LogP contribution in [0.3, 0.4) is 0 Å². The number of aryl methyl sites for hydroxylation is 2. The summed E-state index contributed by atoms with van der Waals surface area (Å²) < 4.78 is 31.0. The number of amides is 1. The summed E-state index contributed by atoms with van der Waals surface area (Å²) >= 11 is 0. The molecule has 0 saturated carbocycles. The summed E-state index contributed by atoms with van der Waals surface area (Å²) in [6.07, 6.45) is 8.72. The number of pyridine rings is 2. The predicted octanol–water partition coefficient (Wildman–Crippen LogP) is 5.66. The molecule has 0 unspecified atom stereocenters. The molecule has 8 aromatic rings. The van der Waals surface area contributed by atoms with Gasteiger partial charge in [-0.1, -0.05) is 24.3 Å². The largest absolute Gasteiger partial charge is 0.376 e. The van der Waals surface area contributed by atoms with Crippen molar-refractivity contribution in [3.8, 4) is 11.1 Å². The van der Waals surface area contributed by atoms with Gasteiger partial charge in [-0.15, -0.1) is 0 Å². The second kappa shape index (κ2) is 15.7. The molecule has 7 heterocycles. The van der Waals surface area contributed by atoms with Gasteiger partial charge in [0.1, 0.15) is 35.4 Å². The third-order valence-electron chi connectivity index (χ3n) is 10.9. The molecule has 60 heavy (non-hydrogen) atoms. The van der Waals surface area contributed by atoms with Gasteiger partial charge in [0.05, 0.1) is 29.2 Å². The van der Waals surface area contributed by atoms with Crippen LogP contribution in [0.15, 0.2) is 109 Å². The first-order valence-electron chi connectivity index (χ1n) is 19.3. The molecule has 302 valence electrons. The van der Waals surface area contributed by atoms with Crippen LogP contribution < -0.4 is 21.1 Å². The van der Waals surface area contributed by atoms with Crippen molar-refractivity contribution < 1.29 is 13.6 Å². The quantitative estimate of drug-likeness (QED) is 0.190. The van der Waals surface area contributed by atoms with Gasteiger partial charge in [0.15, 0.2) is 0 Å². The van der Waals surface area contributed by atoms with Crippen LogP contribution in [-0.4, -0.2) is 88.7 Å². The number of rotatable bonds is 6. The summed E-state index contributed by atoms with van der Waals surface area (Å²) in [5.41, 5.74) is 3.99. The van der Waals surface area contributed by atoms with Gasteiger partial charge in [0.25, 0.3) is 11.5 Å². The van der Waals surface area contributed by atoms with Crippen molar-refractivity contribution in [3.05, 3.63) is 149 Å². The number of aromatic amines is 1. The first kappa shape index (κ1) is 38.1. The number of halogens is 2. The van der Waals surface area contributed by atoms with Crippen LogP contribution in [-0.2, 0) is 14.1 Å². The van der Waals surface area contributed by atoms with Gasteiger partial charge in [-0.05, 0) is 72.1 Å². The van der Waals surface area contributed by atoms with Crippen molar-refractivity contribution in [2.24, 2.45) is 14.1 Å². The second-order valence-electron chi connectivity index (χ2n) is 14.9. The number of hydrogen-bond acceptors (Lipinski definition) is 11. The molecule has 5 aromatic heterocycles. The number of H-pyrrole nitrogens is 1. The molecule has 2 atom stereocenters. The van der Waals surface area contributed by atoms with Gasteiger partial charge >= 0.3 is 0 Å². The van der Waals surface area contributed by atoms with E-state index < -0.39 is 23.3 Å². The Morgan fingerprint density at radius 2 is 1.63 bits per heavy atom. The molecule has 1 saturated heterocycles. The normalized spacial score (nSPS) is 16.3. The first-order chi connectivity index (χ1) is 29.1. The zero-order valence-corrected chi connectivity index (χ0v) is 32.8. The van der Waals surface area contributed by atoms with Crippen molar-refractivity contribution in [3.63, 3.8) is 0 Å². The number of anilines is 3. The number of hydrogen-bond donors (Lipinski definition) is 3. The standard InChI is InChI=1S/C24H25N7O.C19H14F2N6O/c1-29-7-9-31(10-8-29)23-13-18(5-6-25-23)24(32)28-22-12-20-11-17(3-4-19(20)14-26-22)21-15-27-30(2)16-21;1-27-18(22-8-23-27)15-16(9-2-4-10(20)5-3-9)24-13-7-11(21)6-12-14(13)17(15)25-26-19(12)28/h3-6,11-16H,7-10H2,1-2H3,(H,26,28,32);2-8,15-16,24H,1H3,(H,26,28)/t;15-,16-/m.1/s1. The van der Waals surface area contributed by atoms with Crippen molar-refractivity contribution in [1.29, 1.82) is 0 Å². The highest BCUT2D eigenvalue weighted by Gasteiger charge is 2.37. The molecular formula is C43H39F2N13O2. The maximum atomic E-state index is 14.1. The molecule has 0 bridgehead atoms. The molecular weight excluding hydrogens is 769 g/mol. The molecule has 0 aliphatic carbocycles. The Kier molecular flexibility index (Phi) is 10.0. The minimum atomic E-state index is -0.535. The smallest absolute Gasteiger partial charge is 0.272 e. The van der Waals surface area contributed by atoms with E-state index in [2.05, 4.69) is 75.0 Å². The summed E-state index contributed by atoms with van der Waals surface area (Å²) in [6.45, 7) is 3.78. The third-order valence-corrected chi connectivity index (χ3v) is 10.9. The van der Waals surface area contributed by atoms with E-state index in [0.717, 1.165) is 59.5 Å². The number of carbonyl (C=O) groups is 1. The summed E-state index contributed by atoms with van der Waals surface area (Å²) in [6, 6.07) is 19.8. The van der Waals surface area contributed by atoms with Crippen LogP contribution in [0.1, 0.15) is 39.4 Å². The Balaban J connectivity index is 0.000000155. The molecule has 2 aliphatic heterocycles. The summed E-state index contributed by atoms with van der Waals surface area (Å²) in [7, 11) is 5.77. The lowest BCUT2D eigenvalue weighted by Crippen LogP contribution is -2.44. The lowest BCUT2D eigenvalue weighted by atomic mass is 9.83. The van der Waals surface area contributed by atoms with Crippen LogP contribution >= 0.6 is 0 Å². The fraction of sp³-hybridized carbons (Fsp3) is 0.209. The van der Waals surface area contributed by atoms with Crippen LogP contribution in [0.5, 0.6) is 0 Å². The Labute approximate surface area is 341 Å². The number of nitrogens with one attached hydrogen (secondary N) is 3. The lowest BCUT2D eigenvalue weighted by Gasteiger charge is -2.33. The molecule has 15 nitrogen and oxygen atoms in total. The molecule has 1 amide bonds. The molecule has 3 aromatic carbocycles. The van der Waals surface area contributed by atoms with Crippen molar-refractivity contribution in [2.75, 3.05) is 48.8 Å². The molecule has 1 fully saturated rings. The van der Waals surface area contributed by atoms with E-state index in [-0.39, 0.29) is 17.1 Å². The highest BCUT2D eigenvalue weighted by atomic mass is 19.1. The van der Waals surface area contributed by atoms with Gasteiger partial charge in [0.2, 0.25) is 0 Å². The topological polar surface area (TPSA) is 168 Å². The molecule has 3 N–H and O–H groups in total. The van der Waals surface area contributed by atoms with Gasteiger partial charge in [-0.2, -0.15) is 15.3 Å². The van der Waals surface area contributed by atoms with Crippen molar-refractivity contribution in [1.82, 2.24) is 49.6 Å². The lowest BCUT2D eigenvalue weighted by molar-refractivity contribution is 0.102. The average Bonchev–Trinajstić information content (AvgIpc) is 3.89. The Morgan fingerprint density at radius 3 is 2.38 bits per heavy atom. The number of piperazine rings is 1. The fourth-order valence-electron chi connectivity index (χ4n) is 7.76. The van der Waals surface area contributed by atoms with Gasteiger partial charge < -0.3 is 20.4 Å². The maximum Gasteiger partial charge on any atom is 0.272 e. The van der Waals surface area contributed by atoms with E-state index in [1.54, 1.807) is 47.0 Å². The third kappa shape index (κ3) is 7.53. The molecule has 0 spiro atoms. The van der Waals surface area contributed by atoms with E-state index in [1.165, 1.54) is 30.6 Å². The zero-order valence-electron chi connectivity index (χ0n) is 32.8. The maximum absolute atomic E-state index is 14.1. The second-order valence-corrected chi connectivity index (χ2v) is 14.9. The van der Waals surface area contributed by atoms with E-state index in [9.17, 15) is 18.4 Å². The van der Waals surface area contributed by atoms with Crippen LogP contribution in [0.25, 0.3) is 32.7 Å². The van der Waals surface area contributed by atoms with Gasteiger partial charge in [0, 0.05) is 86.5 Å². The minimum Gasteiger partial charge on any atom is -0.376 e.